The maximum atomic E-state index is 13.5. The predicted octanol–water partition coefficient (Wildman–Crippen LogP) is 4.89. The van der Waals surface area contributed by atoms with E-state index in [0.717, 1.165) is 29.0 Å². The van der Waals surface area contributed by atoms with Crippen LogP contribution in [0.3, 0.4) is 0 Å². The molecule has 2 rings (SSSR count). The number of hydrogen-bond acceptors (Lipinski definition) is 7. The Hall–Kier alpha value is -3.10. The summed E-state index contributed by atoms with van der Waals surface area (Å²) in [7, 11) is 1.63. The van der Waals surface area contributed by atoms with E-state index < -0.39 is 6.04 Å². The molecule has 2 aromatic rings. The normalized spacial score (nSPS) is 14.4. The Morgan fingerprint density at radius 2 is 2.09 bits per heavy atom. The van der Waals surface area contributed by atoms with Crippen LogP contribution in [0.5, 0.6) is 0 Å². The van der Waals surface area contributed by atoms with Crippen LogP contribution in [0.25, 0.3) is 0 Å². The molecule has 0 saturated heterocycles. The van der Waals surface area contributed by atoms with E-state index in [4.69, 9.17) is 4.74 Å². The Labute approximate surface area is 206 Å². The molecule has 2 atom stereocenters. The van der Waals surface area contributed by atoms with Crippen LogP contribution in [0.2, 0.25) is 0 Å². The van der Waals surface area contributed by atoms with Gasteiger partial charge < -0.3 is 10.1 Å². The molecule has 0 aliphatic rings. The van der Waals surface area contributed by atoms with Crippen LogP contribution in [0.15, 0.2) is 74.5 Å². The predicted molar refractivity (Wildman–Crippen MR) is 141 cm³/mol. The number of nitrogens with zero attached hydrogens (tertiary/aromatic N) is 3. The zero-order chi connectivity index (χ0) is 24.8. The molecule has 1 aromatic heterocycles. The molecule has 7 nitrogen and oxygen atoms in total. The van der Waals surface area contributed by atoms with Gasteiger partial charge in [-0.25, -0.2) is 4.98 Å². The molecular weight excluding hydrogens is 446 g/mol. The molecule has 0 aliphatic carbocycles. The van der Waals surface area contributed by atoms with E-state index in [1.165, 1.54) is 11.3 Å². The molecule has 34 heavy (non-hydrogen) atoms. The highest BCUT2D eigenvalue weighted by Gasteiger charge is 2.21. The highest BCUT2D eigenvalue weighted by Crippen LogP contribution is 2.17. The zero-order valence-corrected chi connectivity index (χ0v) is 21.3. The van der Waals surface area contributed by atoms with Gasteiger partial charge in [0.05, 0.1) is 30.1 Å². The monoisotopic (exact) mass is 481 g/mol. The van der Waals surface area contributed by atoms with Gasteiger partial charge in [0, 0.05) is 37.2 Å². The first-order valence-corrected chi connectivity index (χ1v) is 12.3. The number of allylic oxidation sites excluding steroid dienone is 3. The van der Waals surface area contributed by atoms with E-state index >= 15 is 0 Å². The summed E-state index contributed by atoms with van der Waals surface area (Å²) >= 11 is 1.54. The van der Waals surface area contributed by atoms with Gasteiger partial charge in [0.15, 0.2) is 0 Å². The molecule has 0 spiro atoms. The maximum Gasteiger partial charge on any atom is 0.241 e. The first kappa shape index (κ1) is 27.1. The smallest absolute Gasteiger partial charge is 0.241 e. The van der Waals surface area contributed by atoms with Gasteiger partial charge in [0.25, 0.3) is 0 Å². The highest BCUT2D eigenvalue weighted by molar-refractivity contribution is 7.07. The highest BCUT2D eigenvalue weighted by atomic mass is 32.1. The molecule has 2 N–H and O–H groups in total. The Kier molecular flexibility index (Phi) is 11.9. The maximum absolute atomic E-state index is 13.5. The summed E-state index contributed by atoms with van der Waals surface area (Å²) in [6.07, 6.45) is 5.83. The van der Waals surface area contributed by atoms with Gasteiger partial charge >= 0.3 is 0 Å². The third kappa shape index (κ3) is 9.03. The van der Waals surface area contributed by atoms with Gasteiger partial charge in [-0.15, -0.1) is 11.3 Å². The lowest BCUT2D eigenvalue weighted by Gasteiger charge is -2.21. The molecule has 1 heterocycles. The molecule has 0 saturated carbocycles. The van der Waals surface area contributed by atoms with E-state index in [9.17, 15) is 4.79 Å². The molecule has 0 radical (unpaired) electrons. The van der Waals surface area contributed by atoms with E-state index in [0.29, 0.717) is 25.1 Å². The number of methoxy groups -OCH3 is 1. The van der Waals surface area contributed by atoms with Crippen molar-refractivity contribution >= 4 is 30.2 Å². The number of amides is 1. The minimum Gasteiger partial charge on any atom is -0.499 e. The second-order valence-electron chi connectivity index (χ2n) is 7.97. The average Bonchev–Trinajstić information content (AvgIpc) is 3.37. The fraction of sp³-hybridized carbons (Fsp3) is 0.385. The minimum atomic E-state index is -0.448. The van der Waals surface area contributed by atoms with Crippen molar-refractivity contribution in [2.75, 3.05) is 7.11 Å². The number of aromatic nitrogens is 1. The molecule has 0 aliphatic heterocycles. The van der Waals surface area contributed by atoms with Crippen molar-refractivity contribution < 1.29 is 9.53 Å². The van der Waals surface area contributed by atoms with Gasteiger partial charge in [0.2, 0.25) is 5.91 Å². The summed E-state index contributed by atoms with van der Waals surface area (Å²) in [5.41, 5.74) is 5.46. The Bertz CT molecular complexity index is 984. The lowest BCUT2D eigenvalue weighted by molar-refractivity contribution is -0.122. The second kappa shape index (κ2) is 14.9. The van der Waals surface area contributed by atoms with Crippen molar-refractivity contribution in [1.82, 2.24) is 15.6 Å². The number of carbonyl (C=O) groups excluding carboxylic acids is 1. The summed E-state index contributed by atoms with van der Waals surface area (Å²) in [6, 6.07) is 9.53. The summed E-state index contributed by atoms with van der Waals surface area (Å²) in [5.74, 6) is 0.636. The third-order valence-corrected chi connectivity index (χ3v) is 5.99. The van der Waals surface area contributed by atoms with Crippen molar-refractivity contribution in [1.29, 1.82) is 0 Å². The van der Waals surface area contributed by atoms with E-state index in [1.54, 1.807) is 18.8 Å². The van der Waals surface area contributed by atoms with Crippen molar-refractivity contribution in [2.24, 2.45) is 16.1 Å². The van der Waals surface area contributed by atoms with Crippen LogP contribution in [0.4, 0.5) is 0 Å². The molecule has 8 heteroatoms. The van der Waals surface area contributed by atoms with Crippen LogP contribution in [-0.2, 0) is 22.5 Å². The van der Waals surface area contributed by atoms with E-state index in [1.807, 2.05) is 55.6 Å². The fourth-order valence-electron chi connectivity index (χ4n) is 3.26. The Morgan fingerprint density at radius 3 is 2.71 bits per heavy atom. The molecule has 0 fully saturated rings. The Morgan fingerprint density at radius 1 is 1.32 bits per heavy atom. The van der Waals surface area contributed by atoms with Crippen molar-refractivity contribution in [3.05, 3.63) is 75.6 Å². The van der Waals surface area contributed by atoms with Crippen LogP contribution < -0.4 is 10.6 Å². The lowest BCUT2D eigenvalue weighted by Crippen LogP contribution is -2.45. The van der Waals surface area contributed by atoms with Gasteiger partial charge in [-0.1, -0.05) is 49.8 Å². The van der Waals surface area contributed by atoms with Crippen LogP contribution in [-0.4, -0.2) is 37.0 Å². The van der Waals surface area contributed by atoms with Crippen LogP contribution in [0.1, 0.15) is 44.9 Å². The van der Waals surface area contributed by atoms with E-state index in [-0.39, 0.29) is 11.8 Å². The quantitative estimate of drug-likeness (QED) is 0.174. The lowest BCUT2D eigenvalue weighted by atomic mass is 10.0. The topological polar surface area (TPSA) is 88.0 Å². The van der Waals surface area contributed by atoms with Gasteiger partial charge in [-0.2, -0.15) is 10.2 Å². The first-order valence-electron chi connectivity index (χ1n) is 11.4. The number of thiazole rings is 1. The fourth-order valence-corrected chi connectivity index (χ4v) is 3.82. The number of benzene rings is 1. The Balaban J connectivity index is 2.30. The summed E-state index contributed by atoms with van der Waals surface area (Å²) in [5, 5.41) is 15.9. The SMILES string of the molecule is C=N/N=C/C(C)/C(C)=C/C(NC(=O)C(Cc1ccccc1)NCc1cscn1)=C(CCC)OC. The second-order valence-corrected chi connectivity index (χ2v) is 8.68. The van der Waals surface area contributed by atoms with Crippen LogP contribution in [0, 0.1) is 5.92 Å². The summed E-state index contributed by atoms with van der Waals surface area (Å²) in [4.78, 5) is 17.8. The molecule has 1 amide bonds. The van der Waals surface area contributed by atoms with E-state index in [2.05, 4.69) is 39.5 Å². The zero-order valence-electron chi connectivity index (χ0n) is 20.5. The first-order chi connectivity index (χ1) is 16.5. The van der Waals surface area contributed by atoms with Gasteiger partial charge in [-0.3, -0.25) is 10.1 Å². The molecule has 0 bridgehead atoms. The summed E-state index contributed by atoms with van der Waals surface area (Å²) < 4.78 is 5.66. The standard InChI is InChI=1S/C26H35N5O2S/c1-6-10-25(33-5)23(13-19(2)20(3)15-30-27-4)31-26(32)24(14-21-11-8-7-9-12-21)28-16-22-17-34-18-29-22/h7-9,11-13,15,17-18,20,24,28H,4,6,10,14,16H2,1-3,5H3,(H,31,32)/b19-13+,25-23?,30-15+. The van der Waals surface area contributed by atoms with Gasteiger partial charge in [-0.05, 0) is 31.4 Å². The minimum absolute atomic E-state index is 0.0278. The third-order valence-electron chi connectivity index (χ3n) is 5.36. The van der Waals surface area contributed by atoms with Crippen LogP contribution >= 0.6 is 11.3 Å². The number of ether oxygens (including phenoxy) is 1. The van der Waals surface area contributed by atoms with Gasteiger partial charge in [0.1, 0.15) is 5.76 Å². The molecule has 1 aromatic carbocycles. The molecular formula is C26H35N5O2S. The summed E-state index contributed by atoms with van der Waals surface area (Å²) in [6.45, 7) is 9.98. The number of rotatable bonds is 14. The van der Waals surface area contributed by atoms with Crippen molar-refractivity contribution in [2.45, 2.75) is 52.6 Å². The van der Waals surface area contributed by atoms with Crippen molar-refractivity contribution in [3.8, 4) is 0 Å². The number of nitrogens with one attached hydrogen (secondary N) is 2. The largest absolute Gasteiger partial charge is 0.499 e. The van der Waals surface area contributed by atoms with Crippen molar-refractivity contribution in [3.63, 3.8) is 0 Å². The number of carbonyl (C=O) groups is 1. The molecule has 182 valence electrons. The average molecular weight is 482 g/mol. The molecule has 2 unspecified atom stereocenters. The number of hydrogen-bond donors (Lipinski definition) is 2.